The number of nitrogens with two attached hydrogens (primary N) is 1. The average Bonchev–Trinajstić information content (AvgIpc) is 3.18. The van der Waals surface area contributed by atoms with Gasteiger partial charge in [0.25, 0.3) is 5.91 Å². The Labute approximate surface area is 181 Å². The third kappa shape index (κ3) is 3.94. The molecular formula is C23H28ClN5O. The van der Waals surface area contributed by atoms with Crippen LogP contribution in [0.1, 0.15) is 61.5 Å². The Morgan fingerprint density at radius 1 is 1.27 bits per heavy atom. The van der Waals surface area contributed by atoms with E-state index in [0.29, 0.717) is 12.1 Å². The first kappa shape index (κ1) is 20.8. The first-order valence-electron chi connectivity index (χ1n) is 10.5. The van der Waals surface area contributed by atoms with Crippen LogP contribution in [-0.4, -0.2) is 33.5 Å². The molecular weight excluding hydrogens is 398 g/mol. The largest absolute Gasteiger partial charge is 0.349 e. The maximum absolute atomic E-state index is 12.8. The lowest BCUT2D eigenvalue weighted by Gasteiger charge is -2.40. The van der Waals surface area contributed by atoms with Crippen LogP contribution in [0, 0.1) is 0 Å². The summed E-state index contributed by atoms with van der Waals surface area (Å²) in [6.07, 6.45) is 3.63. The number of nitrogens with zero attached hydrogens (tertiary/aromatic N) is 3. The number of hydrogen-bond acceptors (Lipinski definition) is 4. The molecule has 4 rings (SSSR count). The summed E-state index contributed by atoms with van der Waals surface area (Å²) in [6, 6.07) is 13.9. The van der Waals surface area contributed by atoms with Gasteiger partial charge in [0, 0.05) is 34.6 Å². The highest BCUT2D eigenvalue weighted by Crippen LogP contribution is 2.39. The smallest absolute Gasteiger partial charge is 0.251 e. The van der Waals surface area contributed by atoms with Gasteiger partial charge in [-0.25, -0.2) is 4.68 Å². The van der Waals surface area contributed by atoms with Gasteiger partial charge in [0.15, 0.2) is 0 Å². The summed E-state index contributed by atoms with van der Waals surface area (Å²) in [5.74, 6) is -0.0657. The molecule has 1 saturated carbocycles. The Morgan fingerprint density at radius 2 is 2.03 bits per heavy atom. The number of halogens is 1. The van der Waals surface area contributed by atoms with Gasteiger partial charge >= 0.3 is 0 Å². The molecule has 0 bridgehead atoms. The zero-order chi connectivity index (χ0) is 21.3. The molecule has 0 saturated heterocycles. The van der Waals surface area contributed by atoms with E-state index >= 15 is 0 Å². The normalized spacial score (nSPS) is 21.8. The van der Waals surface area contributed by atoms with E-state index in [1.165, 1.54) is 5.56 Å². The van der Waals surface area contributed by atoms with Gasteiger partial charge in [-0.05, 0) is 75.4 Å². The molecule has 3 N–H and O–H groups in total. The lowest BCUT2D eigenvalue weighted by Crippen LogP contribution is -2.45. The summed E-state index contributed by atoms with van der Waals surface area (Å²) in [4.78, 5) is 12.8. The van der Waals surface area contributed by atoms with E-state index in [9.17, 15) is 4.79 Å². The van der Waals surface area contributed by atoms with E-state index < -0.39 is 0 Å². The number of aromatic nitrogens is 3. The Kier molecular flexibility index (Phi) is 5.80. The molecule has 0 spiro atoms. The Hall–Kier alpha value is -2.44. The number of carbonyl (C=O) groups is 1. The fourth-order valence-electron chi connectivity index (χ4n) is 4.48. The molecule has 6 nitrogen and oxygen atoms in total. The second-order valence-electron chi connectivity index (χ2n) is 8.57. The number of hydrogen-bond donors (Lipinski definition) is 2. The maximum atomic E-state index is 12.8. The van der Waals surface area contributed by atoms with Crippen LogP contribution in [-0.2, 0) is 5.41 Å². The molecule has 1 amide bonds. The van der Waals surface area contributed by atoms with Crippen molar-refractivity contribution in [1.29, 1.82) is 0 Å². The van der Waals surface area contributed by atoms with E-state index in [4.69, 9.17) is 17.3 Å². The number of nitrogens with one attached hydrogen (secondary N) is 1. The van der Waals surface area contributed by atoms with E-state index in [0.717, 1.165) is 41.7 Å². The first-order valence-corrected chi connectivity index (χ1v) is 10.9. The van der Waals surface area contributed by atoms with Crippen molar-refractivity contribution in [2.45, 2.75) is 57.0 Å². The predicted octanol–water partition coefficient (Wildman–Crippen LogP) is 4.23. The number of rotatable bonds is 5. The maximum Gasteiger partial charge on any atom is 0.251 e. The van der Waals surface area contributed by atoms with Gasteiger partial charge in [-0.3, -0.25) is 4.79 Å². The van der Waals surface area contributed by atoms with Crippen molar-refractivity contribution in [2.24, 2.45) is 5.73 Å². The van der Waals surface area contributed by atoms with Gasteiger partial charge in [0.2, 0.25) is 0 Å². The van der Waals surface area contributed by atoms with Crippen LogP contribution in [0.5, 0.6) is 0 Å². The SMILES string of the molecule is CC(C)n1nnc2cc(C(=O)NC3CCC(CN)(c4cccc(Cl)c4)CC3)ccc21. The highest BCUT2D eigenvalue weighted by atomic mass is 35.5. The Bertz CT molecular complexity index is 1050. The summed E-state index contributed by atoms with van der Waals surface area (Å²) < 4.78 is 1.86. The minimum absolute atomic E-state index is 0.0657. The lowest BCUT2D eigenvalue weighted by atomic mass is 9.68. The van der Waals surface area contributed by atoms with Crippen molar-refractivity contribution in [3.8, 4) is 0 Å². The number of amides is 1. The van der Waals surface area contributed by atoms with Crippen LogP contribution in [0.3, 0.4) is 0 Å². The van der Waals surface area contributed by atoms with Crippen LogP contribution in [0.25, 0.3) is 11.0 Å². The monoisotopic (exact) mass is 425 g/mol. The van der Waals surface area contributed by atoms with Crippen molar-refractivity contribution in [3.05, 3.63) is 58.6 Å². The second-order valence-corrected chi connectivity index (χ2v) is 9.01. The van der Waals surface area contributed by atoms with Crippen molar-refractivity contribution in [1.82, 2.24) is 20.3 Å². The third-order valence-electron chi connectivity index (χ3n) is 6.33. The molecule has 0 atom stereocenters. The van der Waals surface area contributed by atoms with Gasteiger partial charge in [-0.1, -0.05) is 28.9 Å². The molecule has 0 aliphatic heterocycles. The van der Waals surface area contributed by atoms with Crippen molar-refractivity contribution < 1.29 is 4.79 Å². The summed E-state index contributed by atoms with van der Waals surface area (Å²) >= 11 is 6.20. The topological polar surface area (TPSA) is 85.8 Å². The number of benzene rings is 2. The molecule has 1 heterocycles. The molecule has 2 aromatic carbocycles. The molecule has 3 aromatic rings. The average molecular weight is 426 g/mol. The standard InChI is InChI=1S/C23H28ClN5O/c1-15(2)29-21-7-6-16(12-20(21)27-28-29)22(30)26-19-8-10-23(14-25,11-9-19)17-4-3-5-18(24)13-17/h3-7,12-13,15,19H,8-11,14,25H2,1-2H3,(H,26,30). The molecule has 1 aromatic heterocycles. The van der Waals surface area contributed by atoms with Gasteiger partial charge in [0.1, 0.15) is 5.52 Å². The Morgan fingerprint density at radius 3 is 2.70 bits per heavy atom. The van der Waals surface area contributed by atoms with Gasteiger partial charge in [-0.2, -0.15) is 0 Å². The second kappa shape index (κ2) is 8.36. The fraction of sp³-hybridized carbons (Fsp3) is 0.435. The number of fused-ring (bicyclic) bond motifs is 1. The van der Waals surface area contributed by atoms with Crippen LogP contribution < -0.4 is 11.1 Å². The van der Waals surface area contributed by atoms with Crippen LogP contribution in [0.4, 0.5) is 0 Å². The van der Waals surface area contributed by atoms with E-state index in [1.54, 1.807) is 0 Å². The summed E-state index contributed by atoms with van der Waals surface area (Å²) in [5, 5.41) is 12.3. The van der Waals surface area contributed by atoms with Gasteiger partial charge in [0.05, 0.1) is 5.52 Å². The molecule has 1 aliphatic carbocycles. The highest BCUT2D eigenvalue weighted by Gasteiger charge is 2.36. The van der Waals surface area contributed by atoms with Crippen LogP contribution >= 0.6 is 11.6 Å². The molecule has 1 fully saturated rings. The molecule has 0 unspecified atom stereocenters. The van der Waals surface area contributed by atoms with Crippen molar-refractivity contribution >= 4 is 28.5 Å². The van der Waals surface area contributed by atoms with Crippen molar-refractivity contribution in [2.75, 3.05) is 6.54 Å². The van der Waals surface area contributed by atoms with Gasteiger partial charge < -0.3 is 11.1 Å². The van der Waals surface area contributed by atoms with Crippen LogP contribution in [0.2, 0.25) is 5.02 Å². The predicted molar refractivity (Wildman–Crippen MR) is 120 cm³/mol. The minimum Gasteiger partial charge on any atom is -0.349 e. The highest BCUT2D eigenvalue weighted by molar-refractivity contribution is 6.30. The quantitative estimate of drug-likeness (QED) is 0.640. The summed E-state index contributed by atoms with van der Waals surface area (Å²) in [5.41, 5.74) is 9.61. The van der Waals surface area contributed by atoms with E-state index in [2.05, 4.69) is 35.5 Å². The van der Waals surface area contributed by atoms with E-state index in [1.807, 2.05) is 41.1 Å². The molecule has 1 aliphatic rings. The van der Waals surface area contributed by atoms with Crippen LogP contribution in [0.15, 0.2) is 42.5 Å². The zero-order valence-electron chi connectivity index (χ0n) is 17.4. The zero-order valence-corrected chi connectivity index (χ0v) is 18.2. The summed E-state index contributed by atoms with van der Waals surface area (Å²) in [6.45, 7) is 4.70. The Balaban J connectivity index is 1.43. The lowest BCUT2D eigenvalue weighted by molar-refractivity contribution is 0.0918. The third-order valence-corrected chi connectivity index (χ3v) is 6.56. The molecule has 7 heteroatoms. The molecule has 0 radical (unpaired) electrons. The fourth-order valence-corrected chi connectivity index (χ4v) is 4.67. The molecule has 30 heavy (non-hydrogen) atoms. The van der Waals surface area contributed by atoms with Crippen molar-refractivity contribution in [3.63, 3.8) is 0 Å². The first-order chi connectivity index (χ1) is 14.4. The van der Waals surface area contributed by atoms with Gasteiger partial charge in [-0.15, -0.1) is 5.10 Å². The van der Waals surface area contributed by atoms with E-state index in [-0.39, 0.29) is 23.4 Å². The minimum atomic E-state index is -0.0691. The summed E-state index contributed by atoms with van der Waals surface area (Å²) in [7, 11) is 0. The number of carbonyl (C=O) groups excluding carboxylic acids is 1. The molecule has 158 valence electrons.